The van der Waals surface area contributed by atoms with E-state index >= 15 is 0 Å². The Bertz CT molecular complexity index is 159. The summed E-state index contributed by atoms with van der Waals surface area (Å²) in [5.74, 6) is 0.237. The molecule has 15 heavy (non-hydrogen) atoms. The third kappa shape index (κ3) is 11.6. The van der Waals surface area contributed by atoms with Crippen molar-refractivity contribution in [3.63, 3.8) is 0 Å². The van der Waals surface area contributed by atoms with E-state index in [0.717, 1.165) is 6.54 Å². The van der Waals surface area contributed by atoms with E-state index in [-0.39, 0.29) is 12.5 Å². The second-order valence-electron chi connectivity index (χ2n) is 4.11. The predicted octanol–water partition coefficient (Wildman–Crippen LogP) is 2.59. The Kier molecular flexibility index (Phi) is 6.92. The zero-order chi connectivity index (χ0) is 11.9. The molecule has 92 valence electrons. The van der Waals surface area contributed by atoms with E-state index in [1.807, 2.05) is 20.8 Å². The summed E-state index contributed by atoms with van der Waals surface area (Å²) in [6, 6.07) is 0.391. The van der Waals surface area contributed by atoms with Gasteiger partial charge >= 0.3 is 6.18 Å². The minimum absolute atomic E-state index is 0.237. The third-order valence-corrected chi connectivity index (χ3v) is 1.81. The maximum absolute atomic E-state index is 11.7. The van der Waals surface area contributed by atoms with Gasteiger partial charge in [-0.25, -0.2) is 0 Å². The van der Waals surface area contributed by atoms with Crippen LogP contribution in [0.1, 0.15) is 27.2 Å². The van der Waals surface area contributed by atoms with Crippen molar-refractivity contribution in [2.75, 3.05) is 19.8 Å². The molecular formula is C10H20F3NO. The summed E-state index contributed by atoms with van der Waals surface area (Å²) in [5, 5.41) is 3.20. The molecule has 0 aliphatic rings. The summed E-state index contributed by atoms with van der Waals surface area (Å²) in [4.78, 5) is 0. The summed E-state index contributed by atoms with van der Waals surface area (Å²) in [6.45, 7) is 6.90. The lowest BCUT2D eigenvalue weighted by Gasteiger charge is -2.15. The zero-order valence-corrected chi connectivity index (χ0v) is 9.53. The standard InChI is InChI=1S/C10H20F3NO/c1-8(2)14-6-9(3)7-15-5-4-10(11,12)13/h8-9,14H,4-7H2,1-3H3. The van der Waals surface area contributed by atoms with Crippen LogP contribution in [0.5, 0.6) is 0 Å². The van der Waals surface area contributed by atoms with Crippen LogP contribution in [-0.2, 0) is 4.74 Å². The molecule has 1 unspecified atom stereocenters. The number of nitrogens with one attached hydrogen (secondary N) is 1. The van der Waals surface area contributed by atoms with Gasteiger partial charge < -0.3 is 10.1 Å². The molecule has 0 radical (unpaired) electrons. The van der Waals surface area contributed by atoms with E-state index in [9.17, 15) is 13.2 Å². The number of rotatable bonds is 7. The van der Waals surface area contributed by atoms with Crippen LogP contribution in [0.4, 0.5) is 13.2 Å². The van der Waals surface area contributed by atoms with Gasteiger partial charge in [-0.05, 0) is 5.92 Å². The molecule has 0 aliphatic heterocycles. The second kappa shape index (κ2) is 7.06. The summed E-state index contributed by atoms with van der Waals surface area (Å²) in [6.07, 6.45) is -4.98. The molecule has 0 aliphatic carbocycles. The van der Waals surface area contributed by atoms with Crippen molar-refractivity contribution in [2.45, 2.75) is 39.4 Å². The van der Waals surface area contributed by atoms with E-state index < -0.39 is 12.6 Å². The van der Waals surface area contributed by atoms with Crippen molar-refractivity contribution in [1.29, 1.82) is 0 Å². The van der Waals surface area contributed by atoms with Crippen molar-refractivity contribution in [3.05, 3.63) is 0 Å². The molecule has 0 heterocycles. The van der Waals surface area contributed by atoms with Crippen LogP contribution in [0.2, 0.25) is 0 Å². The molecule has 0 aromatic rings. The van der Waals surface area contributed by atoms with Gasteiger partial charge in [0, 0.05) is 12.6 Å². The minimum atomic E-state index is -4.11. The van der Waals surface area contributed by atoms with Crippen LogP contribution in [0, 0.1) is 5.92 Å². The molecule has 0 aromatic heterocycles. The van der Waals surface area contributed by atoms with E-state index in [1.54, 1.807) is 0 Å². The first kappa shape index (κ1) is 14.7. The van der Waals surface area contributed by atoms with Crippen LogP contribution in [-0.4, -0.2) is 32.0 Å². The average molecular weight is 227 g/mol. The Morgan fingerprint density at radius 3 is 2.27 bits per heavy atom. The van der Waals surface area contributed by atoms with Crippen LogP contribution in [0.25, 0.3) is 0 Å². The van der Waals surface area contributed by atoms with E-state index in [0.29, 0.717) is 12.6 Å². The van der Waals surface area contributed by atoms with Gasteiger partial charge in [0.2, 0.25) is 0 Å². The fraction of sp³-hybridized carbons (Fsp3) is 1.00. The molecule has 0 aromatic carbocycles. The Labute approximate surface area is 89.2 Å². The summed E-state index contributed by atoms with van der Waals surface area (Å²) in [7, 11) is 0. The topological polar surface area (TPSA) is 21.3 Å². The first-order chi connectivity index (χ1) is 6.81. The average Bonchev–Trinajstić information content (AvgIpc) is 2.07. The molecule has 0 fully saturated rings. The Balaban J connectivity index is 3.35. The molecule has 1 atom stereocenters. The minimum Gasteiger partial charge on any atom is -0.381 e. The fourth-order valence-electron chi connectivity index (χ4n) is 0.968. The molecule has 1 N–H and O–H groups in total. The van der Waals surface area contributed by atoms with Gasteiger partial charge in [0.25, 0.3) is 0 Å². The van der Waals surface area contributed by atoms with Crippen molar-refractivity contribution in [1.82, 2.24) is 5.32 Å². The number of alkyl halides is 3. The van der Waals surface area contributed by atoms with E-state index in [4.69, 9.17) is 4.74 Å². The first-order valence-corrected chi connectivity index (χ1v) is 5.19. The van der Waals surface area contributed by atoms with E-state index in [1.165, 1.54) is 0 Å². The number of hydrogen-bond acceptors (Lipinski definition) is 2. The van der Waals surface area contributed by atoms with Gasteiger partial charge in [0.15, 0.2) is 0 Å². The van der Waals surface area contributed by atoms with Crippen LogP contribution in [0.15, 0.2) is 0 Å². The number of hydrogen-bond donors (Lipinski definition) is 1. The largest absolute Gasteiger partial charge is 0.391 e. The van der Waals surface area contributed by atoms with Crippen LogP contribution >= 0.6 is 0 Å². The van der Waals surface area contributed by atoms with Gasteiger partial charge in [0.05, 0.1) is 19.6 Å². The number of ether oxygens (including phenoxy) is 1. The highest BCUT2D eigenvalue weighted by Crippen LogP contribution is 2.19. The Morgan fingerprint density at radius 1 is 1.20 bits per heavy atom. The third-order valence-electron chi connectivity index (χ3n) is 1.81. The molecule has 0 saturated carbocycles. The molecule has 5 heteroatoms. The van der Waals surface area contributed by atoms with Crippen molar-refractivity contribution in [2.24, 2.45) is 5.92 Å². The predicted molar refractivity (Wildman–Crippen MR) is 53.8 cm³/mol. The molecule has 0 amide bonds. The highest BCUT2D eigenvalue weighted by Gasteiger charge is 2.26. The van der Waals surface area contributed by atoms with Crippen LogP contribution < -0.4 is 5.32 Å². The fourth-order valence-corrected chi connectivity index (χ4v) is 0.968. The SMILES string of the molecule is CC(CNC(C)C)COCCC(F)(F)F. The van der Waals surface area contributed by atoms with Crippen LogP contribution in [0.3, 0.4) is 0 Å². The smallest absolute Gasteiger partial charge is 0.381 e. The molecule has 2 nitrogen and oxygen atoms in total. The van der Waals surface area contributed by atoms with Gasteiger partial charge in [-0.15, -0.1) is 0 Å². The van der Waals surface area contributed by atoms with Gasteiger partial charge in [-0.3, -0.25) is 0 Å². The lowest BCUT2D eigenvalue weighted by atomic mass is 10.2. The lowest BCUT2D eigenvalue weighted by Crippen LogP contribution is -2.30. The summed E-state index contributed by atoms with van der Waals surface area (Å²) in [5.41, 5.74) is 0. The molecule has 0 saturated heterocycles. The van der Waals surface area contributed by atoms with Gasteiger partial charge in [0.1, 0.15) is 0 Å². The lowest BCUT2D eigenvalue weighted by molar-refractivity contribution is -0.145. The highest BCUT2D eigenvalue weighted by molar-refractivity contribution is 4.59. The van der Waals surface area contributed by atoms with Gasteiger partial charge in [-0.2, -0.15) is 13.2 Å². The quantitative estimate of drug-likeness (QED) is 0.675. The summed E-state index contributed by atoms with van der Waals surface area (Å²) >= 11 is 0. The monoisotopic (exact) mass is 227 g/mol. The Hall–Kier alpha value is -0.290. The first-order valence-electron chi connectivity index (χ1n) is 5.19. The maximum atomic E-state index is 11.7. The van der Waals surface area contributed by atoms with E-state index in [2.05, 4.69) is 5.32 Å². The summed E-state index contributed by atoms with van der Waals surface area (Å²) < 4.78 is 40.2. The second-order valence-corrected chi connectivity index (χ2v) is 4.11. The molecular weight excluding hydrogens is 207 g/mol. The van der Waals surface area contributed by atoms with Crippen molar-refractivity contribution >= 4 is 0 Å². The molecule has 0 spiro atoms. The maximum Gasteiger partial charge on any atom is 0.391 e. The highest BCUT2D eigenvalue weighted by atomic mass is 19.4. The van der Waals surface area contributed by atoms with Crippen molar-refractivity contribution in [3.8, 4) is 0 Å². The van der Waals surface area contributed by atoms with Gasteiger partial charge in [-0.1, -0.05) is 20.8 Å². The number of halogens is 3. The van der Waals surface area contributed by atoms with Crippen molar-refractivity contribution < 1.29 is 17.9 Å². The zero-order valence-electron chi connectivity index (χ0n) is 9.53. The molecule has 0 rings (SSSR count). The molecule has 0 bridgehead atoms. The Morgan fingerprint density at radius 2 is 1.80 bits per heavy atom. The normalized spacial score (nSPS) is 14.6.